The Bertz CT molecular complexity index is 804. The lowest BCUT2D eigenvalue weighted by Gasteiger charge is -2.34. The van der Waals surface area contributed by atoms with Crippen LogP contribution in [0, 0.1) is 5.92 Å². The summed E-state index contributed by atoms with van der Waals surface area (Å²) in [6.45, 7) is 0.715. The van der Waals surface area contributed by atoms with Crippen molar-refractivity contribution in [3.63, 3.8) is 0 Å². The van der Waals surface area contributed by atoms with Crippen molar-refractivity contribution in [3.05, 3.63) is 62.3 Å². The van der Waals surface area contributed by atoms with E-state index in [0.717, 1.165) is 34.5 Å². The minimum atomic E-state index is -0.774. The second-order valence-electron chi connectivity index (χ2n) is 7.15. The lowest BCUT2D eigenvalue weighted by Crippen LogP contribution is -2.45. The predicted octanol–water partition coefficient (Wildman–Crippen LogP) is 4.18. The third-order valence-corrected chi connectivity index (χ3v) is 6.25. The number of nitrogens with one attached hydrogen (secondary N) is 1. The highest BCUT2D eigenvalue weighted by atomic mass is 79.9. The lowest BCUT2D eigenvalue weighted by molar-refractivity contribution is -0.140. The van der Waals surface area contributed by atoms with Crippen molar-refractivity contribution in [2.24, 2.45) is 5.92 Å². The molecule has 0 spiro atoms. The summed E-state index contributed by atoms with van der Waals surface area (Å²) in [6, 6.07) is 7.76. The maximum absolute atomic E-state index is 11.5. The molecule has 1 fully saturated rings. The Kier molecular flexibility index (Phi) is 5.04. The van der Waals surface area contributed by atoms with Gasteiger partial charge in [0.15, 0.2) is 0 Å². The fourth-order valence-electron chi connectivity index (χ4n) is 4.40. The first-order chi connectivity index (χ1) is 12.5. The summed E-state index contributed by atoms with van der Waals surface area (Å²) in [4.78, 5) is 16.3. The van der Waals surface area contributed by atoms with Crippen molar-refractivity contribution >= 4 is 33.5 Å². The van der Waals surface area contributed by atoms with Crippen LogP contribution in [0.5, 0.6) is 0 Å². The van der Waals surface area contributed by atoms with Crippen LogP contribution in [0.4, 0.5) is 0 Å². The second kappa shape index (κ2) is 7.29. The monoisotopic (exact) mass is 434 g/mol. The highest BCUT2D eigenvalue weighted by molar-refractivity contribution is 9.10. The number of carboxylic acids is 1. The van der Waals surface area contributed by atoms with Gasteiger partial charge in [-0.25, -0.2) is 0 Å². The highest BCUT2D eigenvalue weighted by Crippen LogP contribution is 2.43. The van der Waals surface area contributed by atoms with Gasteiger partial charge in [-0.15, -0.1) is 0 Å². The quantitative estimate of drug-likeness (QED) is 0.743. The van der Waals surface area contributed by atoms with E-state index in [9.17, 15) is 9.90 Å². The number of nitrogens with zero attached hydrogens (tertiary/aromatic N) is 1. The van der Waals surface area contributed by atoms with Crippen LogP contribution in [-0.4, -0.2) is 28.6 Å². The largest absolute Gasteiger partial charge is 0.480 e. The summed E-state index contributed by atoms with van der Waals surface area (Å²) >= 11 is 9.79. The van der Waals surface area contributed by atoms with Gasteiger partial charge in [0.2, 0.25) is 0 Å². The van der Waals surface area contributed by atoms with E-state index in [4.69, 9.17) is 16.6 Å². The molecule has 1 aromatic carbocycles. The summed E-state index contributed by atoms with van der Waals surface area (Å²) in [5, 5.41) is 13.3. The highest BCUT2D eigenvalue weighted by Gasteiger charge is 2.36. The molecule has 2 N–H and O–H groups in total. The van der Waals surface area contributed by atoms with Crippen LogP contribution in [0.15, 0.2) is 34.9 Å². The number of hydrogen-bond donors (Lipinski definition) is 2. The van der Waals surface area contributed by atoms with Crippen LogP contribution in [0.2, 0.25) is 5.02 Å². The molecule has 4 nitrogen and oxygen atoms in total. The average molecular weight is 436 g/mol. The van der Waals surface area contributed by atoms with Gasteiger partial charge in [0.25, 0.3) is 0 Å². The van der Waals surface area contributed by atoms with Crippen molar-refractivity contribution in [2.45, 2.75) is 37.6 Å². The van der Waals surface area contributed by atoms with E-state index in [-0.39, 0.29) is 11.8 Å². The van der Waals surface area contributed by atoms with Crippen LogP contribution >= 0.6 is 27.5 Å². The fourth-order valence-corrected chi connectivity index (χ4v) is 4.97. The van der Waals surface area contributed by atoms with E-state index in [1.807, 2.05) is 12.3 Å². The van der Waals surface area contributed by atoms with Gasteiger partial charge in [0.1, 0.15) is 6.04 Å². The van der Waals surface area contributed by atoms with Crippen LogP contribution in [0.3, 0.4) is 0 Å². The van der Waals surface area contributed by atoms with Crippen molar-refractivity contribution in [3.8, 4) is 0 Å². The zero-order valence-corrected chi connectivity index (χ0v) is 16.6. The summed E-state index contributed by atoms with van der Waals surface area (Å²) < 4.78 is 0.979. The third-order valence-electron chi connectivity index (χ3n) is 5.58. The second-order valence-corrected chi connectivity index (χ2v) is 8.50. The zero-order valence-electron chi connectivity index (χ0n) is 14.2. The zero-order chi connectivity index (χ0) is 18.3. The van der Waals surface area contributed by atoms with Crippen LogP contribution in [0.1, 0.15) is 41.1 Å². The van der Waals surface area contributed by atoms with Gasteiger partial charge in [-0.05, 0) is 89.0 Å². The van der Waals surface area contributed by atoms with Crippen LogP contribution in [-0.2, 0) is 17.6 Å². The Labute approximate surface area is 166 Å². The third kappa shape index (κ3) is 3.40. The summed E-state index contributed by atoms with van der Waals surface area (Å²) in [7, 11) is 0. The molecule has 2 aliphatic rings. The molecule has 2 heterocycles. The molecule has 1 saturated heterocycles. The van der Waals surface area contributed by atoms with E-state index in [1.165, 1.54) is 16.7 Å². The molecule has 4 rings (SSSR count). The van der Waals surface area contributed by atoms with Gasteiger partial charge in [-0.3, -0.25) is 9.78 Å². The summed E-state index contributed by atoms with van der Waals surface area (Å²) in [6.07, 6.45) is 5.24. The SMILES string of the molecule is O=C(O)C1C[C@H](C2c3ccc(Cl)cc3CCc3cc(Br)cnc32)CCN1. The summed E-state index contributed by atoms with van der Waals surface area (Å²) in [5.41, 5.74) is 4.83. The number of fused-ring (bicyclic) bond motifs is 2. The Morgan fingerprint density at radius 2 is 2.08 bits per heavy atom. The van der Waals surface area contributed by atoms with Gasteiger partial charge in [-0.2, -0.15) is 0 Å². The molecule has 1 aromatic heterocycles. The number of carboxylic acid groups (broad SMARTS) is 1. The molecular formula is C20H20BrClN2O2. The number of piperidine rings is 1. The number of halogens is 2. The first-order valence-electron chi connectivity index (χ1n) is 8.91. The van der Waals surface area contributed by atoms with Crippen LogP contribution in [0.25, 0.3) is 0 Å². The van der Waals surface area contributed by atoms with Crippen molar-refractivity contribution in [1.82, 2.24) is 10.3 Å². The minimum absolute atomic E-state index is 0.108. The predicted molar refractivity (Wildman–Crippen MR) is 105 cm³/mol. The van der Waals surface area contributed by atoms with Crippen molar-refractivity contribution in [1.29, 1.82) is 0 Å². The van der Waals surface area contributed by atoms with Crippen LogP contribution < -0.4 is 5.32 Å². The first-order valence-corrected chi connectivity index (χ1v) is 10.1. The molecule has 2 aromatic rings. The summed E-state index contributed by atoms with van der Waals surface area (Å²) in [5.74, 6) is -0.428. The normalized spacial score (nSPS) is 25.1. The van der Waals surface area contributed by atoms with Crippen molar-refractivity contribution < 1.29 is 9.90 Å². The molecule has 2 unspecified atom stereocenters. The van der Waals surface area contributed by atoms with E-state index in [0.29, 0.717) is 13.0 Å². The van der Waals surface area contributed by atoms with E-state index < -0.39 is 12.0 Å². The molecule has 1 aliphatic carbocycles. The number of carbonyl (C=O) groups is 1. The molecule has 26 heavy (non-hydrogen) atoms. The number of pyridine rings is 1. The number of benzene rings is 1. The number of hydrogen-bond acceptors (Lipinski definition) is 3. The smallest absolute Gasteiger partial charge is 0.320 e. The Morgan fingerprint density at radius 1 is 1.27 bits per heavy atom. The maximum atomic E-state index is 11.5. The number of aromatic nitrogens is 1. The number of aryl methyl sites for hydroxylation is 2. The molecule has 0 amide bonds. The number of aliphatic carboxylic acids is 1. The number of rotatable bonds is 2. The standard InChI is InChI=1S/C20H20BrClN2O2/c21-14-7-13-2-1-11-8-15(22)3-4-16(11)18(19(13)24-10-14)12-5-6-23-17(9-12)20(25)26/h3-4,7-8,10,12,17-18,23H,1-2,5-6,9H2,(H,25,26)/t12-,17?,18?/m1/s1. The molecule has 1 aliphatic heterocycles. The molecule has 0 bridgehead atoms. The van der Waals surface area contributed by atoms with E-state index in [1.54, 1.807) is 0 Å². The Morgan fingerprint density at radius 3 is 2.88 bits per heavy atom. The topological polar surface area (TPSA) is 62.2 Å². The van der Waals surface area contributed by atoms with Gasteiger partial charge in [-0.1, -0.05) is 17.7 Å². The fraction of sp³-hybridized carbons (Fsp3) is 0.400. The molecule has 3 atom stereocenters. The molecule has 0 saturated carbocycles. The Balaban J connectivity index is 1.82. The molecule has 0 radical (unpaired) electrons. The van der Waals surface area contributed by atoms with Gasteiger partial charge < -0.3 is 10.4 Å². The molecule has 136 valence electrons. The van der Waals surface area contributed by atoms with Gasteiger partial charge in [0, 0.05) is 21.6 Å². The Hall–Kier alpha value is -1.43. The van der Waals surface area contributed by atoms with Gasteiger partial charge >= 0.3 is 5.97 Å². The molecular weight excluding hydrogens is 416 g/mol. The van der Waals surface area contributed by atoms with Crippen molar-refractivity contribution in [2.75, 3.05) is 6.54 Å². The molecule has 6 heteroatoms. The maximum Gasteiger partial charge on any atom is 0.320 e. The van der Waals surface area contributed by atoms with E-state index in [2.05, 4.69) is 39.4 Å². The average Bonchev–Trinajstić information content (AvgIpc) is 2.78. The van der Waals surface area contributed by atoms with Gasteiger partial charge in [0.05, 0.1) is 5.69 Å². The first kappa shape index (κ1) is 18.0. The lowest BCUT2D eigenvalue weighted by atomic mass is 9.75. The minimum Gasteiger partial charge on any atom is -0.480 e. The van der Waals surface area contributed by atoms with E-state index >= 15 is 0 Å².